The van der Waals surface area contributed by atoms with E-state index in [9.17, 15) is 28.3 Å². The molecule has 1 aliphatic heterocycles. The Labute approximate surface area is 200 Å². The molecule has 1 saturated heterocycles. The summed E-state index contributed by atoms with van der Waals surface area (Å²) in [5.74, 6) is -5.51. The van der Waals surface area contributed by atoms with Crippen LogP contribution in [0.4, 0.5) is 13.6 Å². The highest BCUT2D eigenvalue weighted by atomic mass is 19.3. The number of halogens is 2. The van der Waals surface area contributed by atoms with E-state index in [0.717, 1.165) is 22.3 Å². The summed E-state index contributed by atoms with van der Waals surface area (Å²) >= 11 is 0. The third-order valence-electron chi connectivity index (χ3n) is 6.87. The number of carbonyl (C=O) groups excluding carboxylic acids is 2. The Balaban J connectivity index is 1.17. The fourth-order valence-electron chi connectivity index (χ4n) is 5.24. The molecule has 3 aliphatic rings. The van der Waals surface area contributed by atoms with Crippen molar-refractivity contribution in [1.29, 1.82) is 0 Å². The monoisotopic (exact) mass is 482 g/mol. The Bertz CT molecular complexity index is 1180. The van der Waals surface area contributed by atoms with E-state index in [1.807, 2.05) is 48.5 Å². The van der Waals surface area contributed by atoms with Crippen molar-refractivity contribution in [2.45, 2.75) is 43.2 Å². The Morgan fingerprint density at radius 3 is 2.31 bits per heavy atom. The number of hydrogen-bond acceptors (Lipinski definition) is 4. The van der Waals surface area contributed by atoms with E-state index in [1.165, 1.54) is 0 Å². The number of benzene rings is 2. The summed E-state index contributed by atoms with van der Waals surface area (Å²) in [4.78, 5) is 37.3. The van der Waals surface area contributed by atoms with Crippen molar-refractivity contribution in [3.63, 3.8) is 0 Å². The zero-order valence-electron chi connectivity index (χ0n) is 18.7. The molecule has 9 heteroatoms. The van der Waals surface area contributed by atoms with Crippen LogP contribution in [-0.4, -0.2) is 59.1 Å². The smallest absolute Gasteiger partial charge is 0.407 e. The molecule has 1 fully saturated rings. The lowest BCUT2D eigenvalue weighted by Crippen LogP contribution is -2.42. The van der Waals surface area contributed by atoms with Gasteiger partial charge in [-0.3, -0.25) is 4.79 Å². The predicted molar refractivity (Wildman–Crippen MR) is 122 cm³/mol. The highest BCUT2D eigenvalue weighted by Crippen LogP contribution is 2.44. The van der Waals surface area contributed by atoms with Crippen LogP contribution in [0.15, 0.2) is 60.2 Å². The van der Waals surface area contributed by atoms with Crippen molar-refractivity contribution in [3.8, 4) is 11.1 Å². The molecule has 5 rings (SSSR count). The van der Waals surface area contributed by atoms with Gasteiger partial charge in [0.25, 0.3) is 5.92 Å². The molecule has 0 radical (unpaired) electrons. The van der Waals surface area contributed by atoms with Crippen LogP contribution in [0.3, 0.4) is 0 Å². The van der Waals surface area contributed by atoms with E-state index in [0.29, 0.717) is 11.3 Å². The van der Waals surface area contributed by atoms with E-state index < -0.39 is 48.9 Å². The number of hydrogen-bond donors (Lipinski definition) is 2. The van der Waals surface area contributed by atoms with Gasteiger partial charge in [-0.1, -0.05) is 54.6 Å². The Morgan fingerprint density at radius 2 is 1.69 bits per heavy atom. The van der Waals surface area contributed by atoms with E-state index in [2.05, 4.69) is 5.32 Å². The van der Waals surface area contributed by atoms with Crippen LogP contribution < -0.4 is 5.32 Å². The first kappa shape index (κ1) is 23.0. The number of ether oxygens (including phenoxy) is 1. The second kappa shape index (κ2) is 8.79. The molecular weight excluding hydrogens is 458 g/mol. The van der Waals surface area contributed by atoms with Crippen LogP contribution in [0.25, 0.3) is 11.1 Å². The van der Waals surface area contributed by atoms with Crippen LogP contribution >= 0.6 is 0 Å². The summed E-state index contributed by atoms with van der Waals surface area (Å²) < 4.78 is 33.0. The summed E-state index contributed by atoms with van der Waals surface area (Å²) in [6.07, 6.45) is 0.481. The summed E-state index contributed by atoms with van der Waals surface area (Å²) in [7, 11) is 0. The van der Waals surface area contributed by atoms with Crippen molar-refractivity contribution in [2.75, 3.05) is 13.2 Å². The van der Waals surface area contributed by atoms with Gasteiger partial charge in [0.1, 0.15) is 12.6 Å². The highest BCUT2D eigenvalue weighted by Gasteiger charge is 2.50. The number of alkyl halides is 2. The molecule has 2 aliphatic carbocycles. The fraction of sp³-hybridized carbons (Fsp3) is 0.346. The molecule has 2 aromatic carbocycles. The van der Waals surface area contributed by atoms with Crippen molar-refractivity contribution in [1.82, 2.24) is 10.2 Å². The lowest BCUT2D eigenvalue weighted by molar-refractivity contribution is -0.146. The largest absolute Gasteiger partial charge is 0.480 e. The van der Waals surface area contributed by atoms with E-state index >= 15 is 0 Å². The third kappa shape index (κ3) is 4.38. The minimum absolute atomic E-state index is 0.0863. The van der Waals surface area contributed by atoms with Gasteiger partial charge in [-0.15, -0.1) is 0 Å². The van der Waals surface area contributed by atoms with Gasteiger partial charge in [0.15, 0.2) is 0 Å². The summed E-state index contributed by atoms with van der Waals surface area (Å²) in [6, 6.07) is 14.0. The van der Waals surface area contributed by atoms with E-state index in [1.54, 1.807) is 6.08 Å². The zero-order chi connectivity index (χ0) is 24.7. The lowest BCUT2D eigenvalue weighted by Gasteiger charge is -2.22. The lowest BCUT2D eigenvalue weighted by atomic mass is 9.98. The van der Waals surface area contributed by atoms with Crippen molar-refractivity contribution < 1.29 is 33.0 Å². The minimum Gasteiger partial charge on any atom is -0.480 e. The number of rotatable bonds is 5. The first-order chi connectivity index (χ1) is 16.7. The van der Waals surface area contributed by atoms with Crippen LogP contribution in [0.5, 0.6) is 0 Å². The van der Waals surface area contributed by atoms with Gasteiger partial charge in [-0.2, -0.15) is 0 Å². The molecule has 2 amide bonds. The number of nitrogens with zero attached hydrogens (tertiary/aromatic N) is 1. The molecule has 2 aromatic rings. The molecule has 0 saturated carbocycles. The number of aliphatic carboxylic acids is 1. The Hall–Kier alpha value is -3.75. The number of amides is 2. The average molecular weight is 482 g/mol. The van der Waals surface area contributed by atoms with Crippen LogP contribution in [0.1, 0.15) is 36.3 Å². The van der Waals surface area contributed by atoms with Crippen molar-refractivity contribution in [2.24, 2.45) is 0 Å². The minimum atomic E-state index is -3.24. The Morgan fingerprint density at radius 1 is 1.06 bits per heavy atom. The number of nitrogens with one attached hydrogen (secondary N) is 1. The third-order valence-corrected chi connectivity index (χ3v) is 6.87. The number of carboxylic acids is 1. The van der Waals surface area contributed by atoms with Gasteiger partial charge in [-0.25, -0.2) is 18.4 Å². The second-order valence-corrected chi connectivity index (χ2v) is 9.18. The first-order valence-electron chi connectivity index (χ1n) is 11.5. The SMILES string of the molecule is O=C(NC1CC=C(C(=O)N2CC(F)(F)C[C@@H]2C(=O)O)C1)OCC1c2ccccc2-c2ccccc21. The molecule has 2 N–H and O–H groups in total. The second-order valence-electron chi connectivity index (χ2n) is 9.18. The molecule has 0 spiro atoms. The highest BCUT2D eigenvalue weighted by molar-refractivity contribution is 5.97. The summed E-state index contributed by atoms with van der Waals surface area (Å²) in [6.45, 7) is -0.778. The zero-order valence-corrected chi connectivity index (χ0v) is 18.7. The molecule has 2 atom stereocenters. The molecule has 1 unspecified atom stereocenters. The number of carbonyl (C=O) groups is 3. The number of alkyl carbamates (subject to hydrolysis) is 1. The number of carboxylic acid groups (broad SMARTS) is 1. The maximum absolute atomic E-state index is 13.7. The van der Waals surface area contributed by atoms with Crippen LogP contribution in [-0.2, 0) is 14.3 Å². The average Bonchev–Trinajstić information content (AvgIpc) is 3.51. The fourth-order valence-corrected chi connectivity index (χ4v) is 5.24. The number of fused-ring (bicyclic) bond motifs is 3. The molecule has 35 heavy (non-hydrogen) atoms. The van der Waals surface area contributed by atoms with E-state index in [4.69, 9.17) is 4.74 Å². The quantitative estimate of drug-likeness (QED) is 0.673. The molecule has 0 aromatic heterocycles. The van der Waals surface area contributed by atoms with Gasteiger partial charge in [0, 0.05) is 24.0 Å². The standard InChI is InChI=1S/C26H24F2N2O5/c27-26(28)12-22(24(32)33)30(14-26)23(31)15-9-10-16(11-15)29-25(34)35-13-21-19-7-3-1-5-17(19)18-6-2-4-8-20(18)21/h1-9,16,21-22H,10-14H2,(H,29,34)(H,32,33)/t16?,22-/m1/s1. The molecule has 182 valence electrons. The maximum atomic E-state index is 13.7. The van der Waals surface area contributed by atoms with Gasteiger partial charge in [0.2, 0.25) is 5.91 Å². The summed E-state index contributed by atoms with van der Waals surface area (Å²) in [5.41, 5.74) is 4.64. The van der Waals surface area contributed by atoms with Gasteiger partial charge in [-0.05, 0) is 35.1 Å². The molecule has 1 heterocycles. The number of likely N-dealkylation sites (tertiary alicyclic amines) is 1. The molecule has 7 nitrogen and oxygen atoms in total. The predicted octanol–water partition coefficient (Wildman–Crippen LogP) is 3.93. The van der Waals surface area contributed by atoms with Gasteiger partial charge >= 0.3 is 12.1 Å². The normalized spacial score (nSPS) is 22.3. The van der Waals surface area contributed by atoms with E-state index in [-0.39, 0.29) is 24.5 Å². The van der Waals surface area contributed by atoms with Gasteiger partial charge in [0.05, 0.1) is 6.54 Å². The maximum Gasteiger partial charge on any atom is 0.407 e. The first-order valence-corrected chi connectivity index (χ1v) is 11.5. The summed E-state index contributed by atoms with van der Waals surface area (Å²) in [5, 5.41) is 12.0. The molecule has 0 bridgehead atoms. The Kier molecular flexibility index (Phi) is 5.78. The molecular formula is C26H24F2N2O5. The van der Waals surface area contributed by atoms with Crippen LogP contribution in [0, 0.1) is 0 Å². The van der Waals surface area contributed by atoms with Crippen LogP contribution in [0.2, 0.25) is 0 Å². The van der Waals surface area contributed by atoms with Crippen molar-refractivity contribution >= 4 is 18.0 Å². The van der Waals surface area contributed by atoms with Crippen molar-refractivity contribution in [3.05, 3.63) is 71.3 Å². The van der Waals surface area contributed by atoms with Gasteiger partial charge < -0.3 is 20.1 Å². The topological polar surface area (TPSA) is 95.9 Å².